The quantitative estimate of drug-likeness (QED) is 0.432. The van der Waals surface area contributed by atoms with E-state index in [1.807, 2.05) is 0 Å². The third-order valence-electron chi connectivity index (χ3n) is 8.76. The lowest BCUT2D eigenvalue weighted by Crippen LogP contribution is -2.63. The average Bonchev–Trinajstić information content (AvgIpc) is 2.53. The van der Waals surface area contributed by atoms with Crippen molar-refractivity contribution in [1.29, 1.82) is 0 Å². The lowest BCUT2D eigenvalue weighted by atomic mass is 9.35. The summed E-state index contributed by atoms with van der Waals surface area (Å²) in [5.74, 6) is 10.8. The minimum Gasteiger partial charge on any atom is -0.271 e. The zero-order chi connectivity index (χ0) is 18.1. The molecule has 1 saturated heterocycles. The fourth-order valence-electron chi connectivity index (χ4n) is 6.52. The van der Waals surface area contributed by atoms with Crippen LogP contribution >= 0.6 is 0 Å². The SMILES string of the molecule is CC1CCC(C)C(NN)(C(C)[C@@]2(C)BCCC(C)C2C)CC(C)C1. The van der Waals surface area contributed by atoms with Crippen molar-refractivity contribution in [3.63, 3.8) is 0 Å². The zero-order valence-corrected chi connectivity index (χ0v) is 17.5. The van der Waals surface area contributed by atoms with E-state index in [0.29, 0.717) is 17.2 Å². The molecule has 1 aliphatic heterocycles. The minimum atomic E-state index is 0.0830. The van der Waals surface area contributed by atoms with Crippen LogP contribution in [0.5, 0.6) is 0 Å². The number of nitrogens with two attached hydrogens (primary N) is 1. The predicted molar refractivity (Wildman–Crippen MR) is 108 cm³/mol. The van der Waals surface area contributed by atoms with Gasteiger partial charge in [0.05, 0.1) is 0 Å². The topological polar surface area (TPSA) is 38.0 Å². The summed E-state index contributed by atoms with van der Waals surface area (Å²) in [6, 6.07) is 0. The van der Waals surface area contributed by atoms with Gasteiger partial charge in [-0.05, 0) is 54.8 Å². The van der Waals surface area contributed by atoms with Gasteiger partial charge < -0.3 is 0 Å². The summed E-state index contributed by atoms with van der Waals surface area (Å²) in [6.07, 6.45) is 8.02. The molecule has 0 amide bonds. The van der Waals surface area contributed by atoms with Crippen molar-refractivity contribution in [3.05, 3.63) is 0 Å². The van der Waals surface area contributed by atoms with Gasteiger partial charge >= 0.3 is 0 Å². The highest BCUT2D eigenvalue weighted by atomic mass is 15.3. The molecule has 2 fully saturated rings. The van der Waals surface area contributed by atoms with Crippen LogP contribution in [0, 0.1) is 35.5 Å². The van der Waals surface area contributed by atoms with E-state index in [-0.39, 0.29) is 5.54 Å². The molecule has 2 aliphatic rings. The molecule has 0 aromatic heterocycles. The minimum absolute atomic E-state index is 0.0830. The summed E-state index contributed by atoms with van der Waals surface area (Å²) in [7, 11) is 1.36. The highest BCUT2D eigenvalue weighted by Gasteiger charge is 2.52. The molecule has 7 unspecified atom stereocenters. The molecule has 1 aliphatic carbocycles. The van der Waals surface area contributed by atoms with E-state index in [2.05, 4.69) is 53.9 Å². The third kappa shape index (κ3) is 3.58. The van der Waals surface area contributed by atoms with E-state index in [1.165, 1.54) is 45.7 Å². The second-order valence-corrected chi connectivity index (χ2v) is 10.2. The molecule has 0 bridgehead atoms. The Morgan fingerprint density at radius 2 is 1.71 bits per heavy atom. The summed E-state index contributed by atoms with van der Waals surface area (Å²) in [5.41, 5.74) is 3.52. The first kappa shape index (κ1) is 20.3. The molecule has 3 N–H and O–H groups in total. The van der Waals surface area contributed by atoms with E-state index in [9.17, 15) is 0 Å². The van der Waals surface area contributed by atoms with Crippen molar-refractivity contribution in [1.82, 2.24) is 5.43 Å². The monoisotopic (exact) mass is 334 g/mol. The van der Waals surface area contributed by atoms with E-state index in [0.717, 1.165) is 23.7 Å². The molecule has 0 aromatic rings. The maximum absolute atomic E-state index is 6.34. The zero-order valence-electron chi connectivity index (χ0n) is 17.5. The molecular formula is C21H43BN2. The van der Waals surface area contributed by atoms with Crippen molar-refractivity contribution >= 4 is 7.28 Å². The number of hydrogen-bond donors (Lipinski definition) is 2. The predicted octanol–water partition coefficient (Wildman–Crippen LogP) is 5.02. The maximum atomic E-state index is 6.34. The van der Waals surface area contributed by atoms with Crippen LogP contribution in [0.2, 0.25) is 11.6 Å². The van der Waals surface area contributed by atoms with Gasteiger partial charge in [-0.25, -0.2) is 0 Å². The van der Waals surface area contributed by atoms with Gasteiger partial charge in [-0.1, -0.05) is 72.9 Å². The largest absolute Gasteiger partial charge is 0.271 e. The van der Waals surface area contributed by atoms with Crippen LogP contribution in [-0.2, 0) is 0 Å². The van der Waals surface area contributed by atoms with Gasteiger partial charge in [-0.15, -0.1) is 0 Å². The van der Waals surface area contributed by atoms with Gasteiger partial charge in [0.25, 0.3) is 0 Å². The van der Waals surface area contributed by atoms with E-state index in [4.69, 9.17) is 5.84 Å². The van der Waals surface area contributed by atoms with E-state index in [1.54, 1.807) is 0 Å². The number of hydrazine groups is 1. The standard InChI is InChI=1S/C21H43BN2/c1-14-8-9-17(4)21(24-23,13-15(2)12-14)19(6)20(7)18(5)16(3)10-11-22-20/h14-19,22,24H,8-13,23H2,1-7H3/t14?,15?,16?,17?,18?,19?,20-,21?/m0/s1. The smallest absolute Gasteiger partial charge is 0.128 e. The molecule has 0 spiro atoms. The second-order valence-electron chi connectivity index (χ2n) is 10.2. The Balaban J connectivity index is 2.35. The highest BCUT2D eigenvalue weighted by Crippen LogP contribution is 2.57. The van der Waals surface area contributed by atoms with Gasteiger partial charge in [0.2, 0.25) is 0 Å². The Bertz CT molecular complexity index is 415. The fraction of sp³-hybridized carbons (Fsp3) is 1.00. The van der Waals surface area contributed by atoms with Crippen LogP contribution < -0.4 is 11.3 Å². The highest BCUT2D eigenvalue weighted by molar-refractivity contribution is 6.40. The lowest BCUT2D eigenvalue weighted by Gasteiger charge is -2.57. The van der Waals surface area contributed by atoms with Crippen molar-refractivity contribution in [2.24, 2.45) is 41.4 Å². The van der Waals surface area contributed by atoms with E-state index >= 15 is 0 Å². The lowest BCUT2D eigenvalue weighted by molar-refractivity contribution is 0.0350. The van der Waals surface area contributed by atoms with Gasteiger partial charge in [-0.2, -0.15) is 0 Å². The van der Waals surface area contributed by atoms with Crippen LogP contribution in [0.25, 0.3) is 0 Å². The molecule has 1 saturated carbocycles. The van der Waals surface area contributed by atoms with Crippen LogP contribution in [0.15, 0.2) is 0 Å². The molecule has 1 heterocycles. The fourth-order valence-corrected chi connectivity index (χ4v) is 6.52. The van der Waals surface area contributed by atoms with Gasteiger partial charge in [-0.3, -0.25) is 11.3 Å². The van der Waals surface area contributed by atoms with Gasteiger partial charge in [0, 0.05) is 5.54 Å². The van der Waals surface area contributed by atoms with E-state index < -0.39 is 0 Å². The first-order chi connectivity index (χ1) is 11.2. The Hall–Kier alpha value is -0.0151. The van der Waals surface area contributed by atoms with Crippen molar-refractivity contribution in [3.8, 4) is 0 Å². The van der Waals surface area contributed by atoms with Crippen LogP contribution in [-0.4, -0.2) is 12.8 Å². The Morgan fingerprint density at radius 3 is 2.33 bits per heavy atom. The summed E-state index contributed by atoms with van der Waals surface area (Å²) in [5, 5.41) is 0.392. The molecule has 24 heavy (non-hydrogen) atoms. The average molecular weight is 334 g/mol. The molecule has 0 radical (unpaired) electrons. The first-order valence-electron chi connectivity index (χ1n) is 10.6. The van der Waals surface area contributed by atoms with Crippen molar-refractivity contribution in [2.45, 2.75) is 97.7 Å². The molecule has 2 nitrogen and oxygen atoms in total. The Morgan fingerprint density at radius 1 is 1.04 bits per heavy atom. The number of nitrogens with one attached hydrogen (secondary N) is 1. The Labute approximate surface area is 152 Å². The van der Waals surface area contributed by atoms with Crippen LogP contribution in [0.4, 0.5) is 0 Å². The number of rotatable bonds is 3. The van der Waals surface area contributed by atoms with Gasteiger partial charge in [0.15, 0.2) is 0 Å². The van der Waals surface area contributed by atoms with Crippen molar-refractivity contribution in [2.75, 3.05) is 0 Å². The molecule has 8 atom stereocenters. The van der Waals surface area contributed by atoms with Crippen LogP contribution in [0.1, 0.15) is 80.6 Å². The molecular weight excluding hydrogens is 291 g/mol. The third-order valence-corrected chi connectivity index (χ3v) is 8.76. The molecule has 0 aromatic carbocycles. The normalized spacial score (nSPS) is 48.9. The molecule has 140 valence electrons. The Kier molecular flexibility index (Phi) is 6.51. The summed E-state index contributed by atoms with van der Waals surface area (Å²) < 4.78 is 0. The summed E-state index contributed by atoms with van der Waals surface area (Å²) >= 11 is 0. The van der Waals surface area contributed by atoms with Gasteiger partial charge in [0.1, 0.15) is 7.28 Å². The van der Waals surface area contributed by atoms with Crippen molar-refractivity contribution < 1.29 is 0 Å². The molecule has 3 heteroatoms. The second kappa shape index (κ2) is 7.70. The summed E-state index contributed by atoms with van der Waals surface area (Å²) in [4.78, 5) is 0. The first-order valence-corrected chi connectivity index (χ1v) is 10.6. The number of hydrogen-bond acceptors (Lipinski definition) is 2. The maximum Gasteiger partial charge on any atom is 0.128 e. The summed E-state index contributed by atoms with van der Waals surface area (Å²) in [6.45, 7) is 17.4. The van der Waals surface area contributed by atoms with Crippen LogP contribution in [0.3, 0.4) is 0 Å². The molecule has 2 rings (SSSR count).